The van der Waals surface area contributed by atoms with Crippen LogP contribution in [0.1, 0.15) is 22.3 Å². The molecule has 3 aliphatic rings. The van der Waals surface area contributed by atoms with Crippen molar-refractivity contribution in [2.75, 3.05) is 4.90 Å². The van der Waals surface area contributed by atoms with E-state index in [-0.39, 0.29) is 41.3 Å². The van der Waals surface area contributed by atoms with E-state index < -0.39 is 0 Å². The van der Waals surface area contributed by atoms with Crippen molar-refractivity contribution in [1.82, 2.24) is 0 Å². The normalized spacial score (nSPS) is 27.8. The van der Waals surface area contributed by atoms with Gasteiger partial charge >= 0.3 is 0 Å². The predicted octanol–water partition coefficient (Wildman–Crippen LogP) is 3.89. The van der Waals surface area contributed by atoms with Gasteiger partial charge in [-0.1, -0.05) is 60.7 Å². The Morgan fingerprint density at radius 1 is 0.857 bits per heavy atom. The summed E-state index contributed by atoms with van der Waals surface area (Å²) in [5.41, 5.74) is 2.09. The quantitative estimate of drug-likeness (QED) is 0.356. The molecule has 0 unspecified atom stereocenters. The van der Waals surface area contributed by atoms with Crippen LogP contribution in [0.5, 0.6) is 0 Å². The molecule has 0 aromatic heterocycles. The number of anilines is 1. The summed E-state index contributed by atoms with van der Waals surface area (Å²) in [6, 6.07) is 16.3. The van der Waals surface area contributed by atoms with E-state index in [0.717, 1.165) is 12.0 Å². The lowest BCUT2D eigenvalue weighted by Gasteiger charge is -2.17. The second-order valence-corrected chi connectivity index (χ2v) is 7.67. The molecular formula is C24H19NO3. The van der Waals surface area contributed by atoms with Gasteiger partial charge in [0.05, 0.1) is 17.5 Å². The number of carbonyl (C=O) groups is 3. The zero-order chi connectivity index (χ0) is 19.3. The Balaban J connectivity index is 1.33. The maximum Gasteiger partial charge on any atom is 0.238 e. The number of benzene rings is 2. The van der Waals surface area contributed by atoms with Crippen molar-refractivity contribution >= 4 is 29.4 Å². The Kier molecular flexibility index (Phi) is 3.86. The average Bonchev–Trinajstić information content (AvgIpc) is 3.41. The standard InChI is InChI=1S/C24H19NO3/c26-20(16-4-2-1-3-5-16)13-8-15-6-11-19(12-7-15)25-23(27)21-17-9-10-18(14-17)22(21)24(25)28/h1-13,17-18,21-22H,14H2/b13-8+/t17-,18-,21+,22+/m1/s1. The summed E-state index contributed by atoms with van der Waals surface area (Å²) in [5.74, 6) is -0.171. The number of carbonyl (C=O) groups excluding carboxylic acids is 3. The molecule has 0 radical (unpaired) electrons. The van der Waals surface area contributed by atoms with E-state index in [2.05, 4.69) is 12.2 Å². The molecule has 1 aliphatic heterocycles. The number of nitrogens with zero attached hydrogens (tertiary/aromatic N) is 1. The van der Waals surface area contributed by atoms with Gasteiger partial charge in [-0.05, 0) is 42.0 Å². The molecule has 1 heterocycles. The van der Waals surface area contributed by atoms with Crippen LogP contribution in [0.25, 0.3) is 6.08 Å². The van der Waals surface area contributed by atoms with Gasteiger partial charge in [-0.15, -0.1) is 0 Å². The summed E-state index contributed by atoms with van der Waals surface area (Å²) in [6.45, 7) is 0. The van der Waals surface area contributed by atoms with Crippen molar-refractivity contribution in [3.8, 4) is 0 Å². The van der Waals surface area contributed by atoms with Crippen LogP contribution < -0.4 is 4.90 Å². The largest absolute Gasteiger partial charge is 0.289 e. The molecular weight excluding hydrogens is 350 g/mol. The second kappa shape index (κ2) is 6.41. The van der Waals surface area contributed by atoms with Gasteiger partial charge in [0.2, 0.25) is 11.8 Å². The van der Waals surface area contributed by atoms with Gasteiger partial charge < -0.3 is 0 Å². The van der Waals surface area contributed by atoms with E-state index in [1.807, 2.05) is 30.3 Å². The van der Waals surface area contributed by atoms with E-state index in [0.29, 0.717) is 11.3 Å². The first-order valence-corrected chi connectivity index (χ1v) is 9.57. The highest BCUT2D eigenvalue weighted by Crippen LogP contribution is 2.53. The van der Waals surface area contributed by atoms with E-state index in [1.165, 1.54) is 11.0 Å². The Morgan fingerprint density at radius 3 is 2.07 bits per heavy atom. The second-order valence-electron chi connectivity index (χ2n) is 7.67. The average molecular weight is 369 g/mol. The lowest BCUT2D eigenvalue weighted by Crippen LogP contribution is -2.32. The Hall–Kier alpha value is -3.27. The van der Waals surface area contributed by atoms with Crippen molar-refractivity contribution in [3.63, 3.8) is 0 Å². The van der Waals surface area contributed by atoms with Gasteiger partial charge in [-0.2, -0.15) is 0 Å². The molecule has 2 aromatic rings. The van der Waals surface area contributed by atoms with Crippen LogP contribution in [0, 0.1) is 23.7 Å². The predicted molar refractivity (Wildman–Crippen MR) is 106 cm³/mol. The Morgan fingerprint density at radius 2 is 1.46 bits per heavy atom. The number of amides is 2. The summed E-state index contributed by atoms with van der Waals surface area (Å²) in [7, 11) is 0. The van der Waals surface area contributed by atoms with E-state index in [4.69, 9.17) is 0 Å². The van der Waals surface area contributed by atoms with Crippen LogP contribution in [-0.2, 0) is 9.59 Å². The van der Waals surface area contributed by atoms with Gasteiger partial charge in [0.25, 0.3) is 0 Å². The molecule has 0 spiro atoms. The minimum Gasteiger partial charge on any atom is -0.289 e. The third-order valence-electron chi connectivity index (χ3n) is 6.11. The van der Waals surface area contributed by atoms with Crippen molar-refractivity contribution in [2.45, 2.75) is 6.42 Å². The minimum absolute atomic E-state index is 0.0645. The first-order chi connectivity index (χ1) is 13.6. The summed E-state index contributed by atoms with van der Waals surface area (Å²) in [5, 5.41) is 0. The molecule has 28 heavy (non-hydrogen) atoms. The van der Waals surface area contributed by atoms with Gasteiger partial charge in [0, 0.05) is 5.56 Å². The lowest BCUT2D eigenvalue weighted by molar-refractivity contribution is -0.123. The fourth-order valence-corrected chi connectivity index (χ4v) is 4.76. The van der Waals surface area contributed by atoms with Gasteiger partial charge in [0.15, 0.2) is 5.78 Å². The molecule has 5 rings (SSSR count). The van der Waals surface area contributed by atoms with E-state index in [9.17, 15) is 14.4 Å². The first-order valence-electron chi connectivity index (χ1n) is 9.57. The molecule has 0 N–H and O–H groups in total. The van der Waals surface area contributed by atoms with Crippen LogP contribution in [-0.4, -0.2) is 17.6 Å². The molecule has 2 aliphatic carbocycles. The van der Waals surface area contributed by atoms with Crippen LogP contribution >= 0.6 is 0 Å². The topological polar surface area (TPSA) is 54.5 Å². The first kappa shape index (κ1) is 16.9. The molecule has 4 nitrogen and oxygen atoms in total. The number of ketones is 1. The molecule has 4 heteroatoms. The zero-order valence-corrected chi connectivity index (χ0v) is 15.2. The number of hydrogen-bond acceptors (Lipinski definition) is 3. The summed E-state index contributed by atoms with van der Waals surface area (Å²) in [4.78, 5) is 39.2. The van der Waals surface area contributed by atoms with Crippen LogP contribution in [0.3, 0.4) is 0 Å². The smallest absolute Gasteiger partial charge is 0.238 e. The fraction of sp³-hybridized carbons (Fsp3) is 0.208. The van der Waals surface area contributed by atoms with Crippen LogP contribution in [0.4, 0.5) is 5.69 Å². The van der Waals surface area contributed by atoms with Crippen molar-refractivity contribution < 1.29 is 14.4 Å². The van der Waals surface area contributed by atoms with Gasteiger partial charge in [0.1, 0.15) is 0 Å². The number of rotatable bonds is 4. The molecule has 4 atom stereocenters. The molecule has 2 fully saturated rings. The highest BCUT2D eigenvalue weighted by Gasteiger charge is 2.59. The molecule has 2 aromatic carbocycles. The molecule has 138 valence electrons. The highest BCUT2D eigenvalue weighted by atomic mass is 16.2. The van der Waals surface area contributed by atoms with Crippen molar-refractivity contribution in [2.24, 2.45) is 23.7 Å². The number of imide groups is 1. The Labute approximate surface area is 163 Å². The number of hydrogen-bond donors (Lipinski definition) is 0. The van der Waals surface area contributed by atoms with E-state index >= 15 is 0 Å². The Bertz CT molecular complexity index is 990. The third kappa shape index (κ3) is 2.56. The SMILES string of the molecule is O=C(/C=C/c1ccc(N2C(=O)[C@@H]3[C@@H](C2=O)[C@@H]2C=C[C@@H]3C2)cc1)c1ccccc1. The highest BCUT2D eigenvalue weighted by molar-refractivity contribution is 6.22. The molecule has 1 saturated heterocycles. The maximum absolute atomic E-state index is 12.9. The van der Waals surface area contributed by atoms with Crippen molar-refractivity contribution in [3.05, 3.63) is 84.0 Å². The number of fused-ring (bicyclic) bond motifs is 5. The molecule has 2 bridgehead atoms. The fourth-order valence-electron chi connectivity index (χ4n) is 4.76. The monoisotopic (exact) mass is 369 g/mol. The van der Waals surface area contributed by atoms with Crippen LogP contribution in [0.2, 0.25) is 0 Å². The molecule has 1 saturated carbocycles. The van der Waals surface area contributed by atoms with Crippen molar-refractivity contribution in [1.29, 1.82) is 0 Å². The summed E-state index contributed by atoms with van der Waals surface area (Å²) < 4.78 is 0. The zero-order valence-electron chi connectivity index (χ0n) is 15.2. The van der Waals surface area contributed by atoms with Crippen LogP contribution in [0.15, 0.2) is 72.8 Å². The summed E-state index contributed by atoms with van der Waals surface area (Å²) >= 11 is 0. The van der Waals surface area contributed by atoms with Gasteiger partial charge in [-0.3, -0.25) is 19.3 Å². The maximum atomic E-state index is 12.9. The molecule has 2 amide bonds. The van der Waals surface area contributed by atoms with Gasteiger partial charge in [-0.25, -0.2) is 0 Å². The number of allylic oxidation sites excluding steroid dienone is 3. The third-order valence-corrected chi connectivity index (χ3v) is 6.11. The van der Waals surface area contributed by atoms with E-state index in [1.54, 1.807) is 30.3 Å². The minimum atomic E-state index is -0.189. The lowest BCUT2D eigenvalue weighted by atomic mass is 9.85. The summed E-state index contributed by atoms with van der Waals surface area (Å²) in [6.07, 6.45) is 8.39.